The molecule has 0 saturated carbocycles. The minimum atomic E-state index is -4.64. The predicted molar refractivity (Wildman–Crippen MR) is 140 cm³/mol. The Morgan fingerprint density at radius 1 is 1.10 bits per heavy atom. The number of amides is 2. The summed E-state index contributed by atoms with van der Waals surface area (Å²) in [6, 6.07) is 2.70. The third kappa shape index (κ3) is 5.39. The van der Waals surface area contributed by atoms with Crippen molar-refractivity contribution in [3.63, 3.8) is 0 Å². The monoisotopic (exact) mass is 561 g/mol. The van der Waals surface area contributed by atoms with E-state index in [0.29, 0.717) is 23.5 Å². The average molecular weight is 562 g/mol. The molecule has 0 spiro atoms. The average Bonchev–Trinajstić information content (AvgIpc) is 3.47. The van der Waals surface area contributed by atoms with Gasteiger partial charge in [0, 0.05) is 66.2 Å². The van der Waals surface area contributed by atoms with Crippen molar-refractivity contribution in [1.82, 2.24) is 25.2 Å². The van der Waals surface area contributed by atoms with Gasteiger partial charge < -0.3 is 20.2 Å². The highest BCUT2D eigenvalue weighted by molar-refractivity contribution is 7.13. The van der Waals surface area contributed by atoms with Crippen LogP contribution in [-0.2, 0) is 6.18 Å². The van der Waals surface area contributed by atoms with Crippen LogP contribution in [0.25, 0.3) is 21.7 Å². The Hall–Kier alpha value is -3.78. The van der Waals surface area contributed by atoms with Crippen LogP contribution in [0.15, 0.2) is 29.9 Å². The molecule has 0 radical (unpaired) electrons. The van der Waals surface area contributed by atoms with Gasteiger partial charge in [-0.3, -0.25) is 5.32 Å². The largest absolute Gasteiger partial charge is 0.478 e. The van der Waals surface area contributed by atoms with Crippen molar-refractivity contribution < 1.29 is 27.9 Å². The summed E-state index contributed by atoms with van der Waals surface area (Å²) in [6.07, 6.45) is -0.0473. The zero-order chi connectivity index (χ0) is 27.9. The van der Waals surface area contributed by atoms with Gasteiger partial charge in [0.15, 0.2) is 5.69 Å². The number of thiazole rings is 1. The number of piperazine rings is 1. The summed E-state index contributed by atoms with van der Waals surface area (Å²) in [4.78, 5) is 41.2. The molecule has 5 rings (SSSR count). The van der Waals surface area contributed by atoms with E-state index in [4.69, 9.17) is 0 Å². The third-order valence-electron chi connectivity index (χ3n) is 6.82. The first kappa shape index (κ1) is 26.8. The lowest BCUT2D eigenvalue weighted by Gasteiger charge is -2.41. The number of fused-ring (bicyclic) bond motifs is 2. The molecule has 2 unspecified atom stereocenters. The van der Waals surface area contributed by atoms with Crippen molar-refractivity contribution in [2.75, 3.05) is 36.9 Å². The van der Waals surface area contributed by atoms with Crippen molar-refractivity contribution in [2.24, 2.45) is 0 Å². The zero-order valence-electron chi connectivity index (χ0n) is 21.1. The van der Waals surface area contributed by atoms with Crippen LogP contribution in [0, 0.1) is 0 Å². The Morgan fingerprint density at radius 3 is 2.44 bits per heavy atom. The summed E-state index contributed by atoms with van der Waals surface area (Å²) in [6.45, 7) is 3.72. The van der Waals surface area contributed by atoms with Gasteiger partial charge in [-0.25, -0.2) is 24.5 Å². The van der Waals surface area contributed by atoms with E-state index < -0.39 is 23.9 Å². The Bertz CT molecular complexity index is 1400. The van der Waals surface area contributed by atoms with Crippen LogP contribution in [0.1, 0.15) is 35.8 Å². The number of hydrogen-bond acceptors (Lipinski definition) is 8. The molecular formula is C25H26F3N7O3S. The van der Waals surface area contributed by atoms with E-state index >= 15 is 0 Å². The van der Waals surface area contributed by atoms with E-state index in [1.54, 1.807) is 6.92 Å². The normalized spacial score (nSPS) is 19.3. The predicted octanol–water partition coefficient (Wildman–Crippen LogP) is 4.41. The van der Waals surface area contributed by atoms with Gasteiger partial charge in [0.05, 0.1) is 5.56 Å². The van der Waals surface area contributed by atoms with Crippen LogP contribution in [0.4, 0.5) is 29.6 Å². The molecule has 2 fully saturated rings. The maximum atomic E-state index is 13.4. The number of anilines is 2. The van der Waals surface area contributed by atoms with Gasteiger partial charge in [-0.2, -0.15) is 13.2 Å². The number of rotatable bonds is 6. The molecule has 0 aliphatic carbocycles. The number of carbonyl (C=O) groups excluding carboxylic acids is 1. The number of urea groups is 1. The highest BCUT2D eigenvalue weighted by atomic mass is 32.1. The number of likely N-dealkylation sites (N-methyl/N-ethyl adjacent to an activating group) is 1. The van der Waals surface area contributed by atoms with Crippen molar-refractivity contribution in [1.29, 1.82) is 0 Å². The quantitative estimate of drug-likeness (QED) is 0.405. The fourth-order valence-electron chi connectivity index (χ4n) is 5.20. The van der Waals surface area contributed by atoms with Crippen molar-refractivity contribution in [2.45, 2.75) is 38.0 Å². The van der Waals surface area contributed by atoms with E-state index in [1.807, 2.05) is 7.05 Å². The SMILES string of the molecule is CCNC(=O)Nc1cc(-c2nc(C(F)(F)F)cs2)c(-c2cc(C(=O)O)cnc2N2C3CCC2CN(C)C3)cn1. The van der Waals surface area contributed by atoms with Crippen LogP contribution in [0.5, 0.6) is 0 Å². The summed E-state index contributed by atoms with van der Waals surface area (Å²) in [5, 5.41) is 15.8. The van der Waals surface area contributed by atoms with Gasteiger partial charge in [-0.15, -0.1) is 11.3 Å². The Labute approximate surface area is 225 Å². The summed E-state index contributed by atoms with van der Waals surface area (Å²) >= 11 is 0.798. The summed E-state index contributed by atoms with van der Waals surface area (Å²) in [5.74, 6) is -0.540. The number of likely N-dealkylation sites (tertiary alicyclic amines) is 1. The number of hydrogen-bond donors (Lipinski definition) is 3. The third-order valence-corrected chi connectivity index (χ3v) is 7.70. The number of carbonyl (C=O) groups is 2. The number of nitrogens with zero attached hydrogens (tertiary/aromatic N) is 5. The second-order valence-electron chi connectivity index (χ2n) is 9.55. The van der Waals surface area contributed by atoms with Gasteiger partial charge >= 0.3 is 18.2 Å². The second kappa shape index (κ2) is 10.4. The molecule has 3 N–H and O–H groups in total. The smallest absolute Gasteiger partial charge is 0.434 e. The summed E-state index contributed by atoms with van der Waals surface area (Å²) in [5.41, 5.74) is -0.0564. The van der Waals surface area contributed by atoms with Gasteiger partial charge in [-0.1, -0.05) is 0 Å². The standard InChI is InChI=1S/C25H26F3N7O3S/c1-3-29-24(38)33-20-7-17(22-32-19(12-39-22)25(26,27)28)18(9-30-20)16-6-13(23(36)37)8-31-21(16)35-14-4-5-15(35)11-34(2)10-14/h6-9,12,14-15H,3-5,10-11H2,1-2H3,(H,36,37)(H2,29,30,33,38). The van der Waals surface area contributed by atoms with Gasteiger partial charge in [0.2, 0.25) is 0 Å². The molecule has 2 aliphatic rings. The highest BCUT2D eigenvalue weighted by Crippen LogP contribution is 2.44. The molecule has 3 aromatic rings. The van der Waals surface area contributed by atoms with Gasteiger partial charge in [0.25, 0.3) is 0 Å². The first-order valence-electron chi connectivity index (χ1n) is 12.3. The molecule has 206 valence electrons. The molecule has 0 aromatic carbocycles. The minimum absolute atomic E-state index is 0.0479. The van der Waals surface area contributed by atoms with Crippen LogP contribution in [0.3, 0.4) is 0 Å². The minimum Gasteiger partial charge on any atom is -0.478 e. The van der Waals surface area contributed by atoms with Crippen LogP contribution in [-0.4, -0.2) is 75.7 Å². The lowest BCUT2D eigenvalue weighted by atomic mass is 9.99. The first-order chi connectivity index (χ1) is 18.5. The molecule has 2 bridgehead atoms. The van der Waals surface area contributed by atoms with Crippen LogP contribution >= 0.6 is 11.3 Å². The van der Waals surface area contributed by atoms with Crippen molar-refractivity contribution in [3.8, 4) is 21.7 Å². The fraction of sp³-hybridized carbons (Fsp3) is 0.400. The molecule has 3 aromatic heterocycles. The molecule has 2 amide bonds. The van der Waals surface area contributed by atoms with E-state index in [9.17, 15) is 27.9 Å². The zero-order valence-corrected chi connectivity index (χ0v) is 21.9. The number of aromatic carboxylic acids is 1. The number of nitrogens with one attached hydrogen (secondary N) is 2. The molecule has 2 atom stereocenters. The maximum absolute atomic E-state index is 13.4. The Balaban J connectivity index is 1.68. The topological polar surface area (TPSA) is 124 Å². The summed E-state index contributed by atoms with van der Waals surface area (Å²) in [7, 11) is 2.05. The molecular weight excluding hydrogens is 535 g/mol. The van der Waals surface area contributed by atoms with Gasteiger partial charge in [-0.05, 0) is 38.9 Å². The molecule has 5 heterocycles. The Morgan fingerprint density at radius 2 is 1.82 bits per heavy atom. The first-order valence-corrected chi connectivity index (χ1v) is 13.2. The van der Waals surface area contributed by atoms with Crippen molar-refractivity contribution in [3.05, 3.63) is 41.2 Å². The number of pyridine rings is 2. The lowest BCUT2D eigenvalue weighted by molar-refractivity contribution is -0.140. The lowest BCUT2D eigenvalue weighted by Crippen LogP contribution is -2.53. The second-order valence-corrected chi connectivity index (χ2v) is 10.4. The van der Waals surface area contributed by atoms with E-state index in [2.05, 4.69) is 35.4 Å². The van der Waals surface area contributed by atoms with Crippen LogP contribution < -0.4 is 15.5 Å². The number of carboxylic acid groups (broad SMARTS) is 1. The maximum Gasteiger partial charge on any atom is 0.434 e. The Kier molecular flexibility index (Phi) is 7.16. The number of alkyl halides is 3. The number of carboxylic acids is 1. The van der Waals surface area contributed by atoms with Crippen LogP contribution in [0.2, 0.25) is 0 Å². The molecule has 10 nitrogen and oxygen atoms in total. The fourth-order valence-corrected chi connectivity index (χ4v) is 6.06. The summed E-state index contributed by atoms with van der Waals surface area (Å²) < 4.78 is 40.3. The van der Waals surface area contributed by atoms with Crippen molar-refractivity contribution >= 4 is 35.0 Å². The number of aromatic nitrogens is 3. The van der Waals surface area contributed by atoms with E-state index in [1.165, 1.54) is 24.5 Å². The number of halogens is 3. The molecule has 14 heteroatoms. The molecule has 2 saturated heterocycles. The van der Waals surface area contributed by atoms with E-state index in [-0.39, 0.29) is 34.0 Å². The van der Waals surface area contributed by atoms with Gasteiger partial charge in [0.1, 0.15) is 16.6 Å². The highest BCUT2D eigenvalue weighted by Gasteiger charge is 2.41. The molecule has 39 heavy (non-hydrogen) atoms. The van der Waals surface area contributed by atoms with E-state index in [0.717, 1.165) is 42.6 Å². The molecule has 2 aliphatic heterocycles.